The highest BCUT2D eigenvalue weighted by Gasteiger charge is 2.32. The largest absolute Gasteiger partial charge is 0.573 e. The molecule has 2 N–H and O–H groups in total. The summed E-state index contributed by atoms with van der Waals surface area (Å²) < 4.78 is 40.8. The second-order valence-corrected chi connectivity index (χ2v) is 6.90. The molecular weight excluding hydrogens is 379 g/mol. The Balaban J connectivity index is 1.66. The van der Waals surface area contributed by atoms with Crippen molar-refractivity contribution in [2.45, 2.75) is 24.6 Å². The van der Waals surface area contributed by atoms with Gasteiger partial charge in [0.15, 0.2) is 0 Å². The van der Waals surface area contributed by atoms with Crippen molar-refractivity contribution in [2.75, 3.05) is 0 Å². The number of rotatable bonds is 6. The average Bonchev–Trinajstić information content (AvgIpc) is 2.86. The number of aliphatic hydroxyl groups excluding tert-OH is 1. The predicted molar refractivity (Wildman–Crippen MR) is 96.2 cm³/mol. The van der Waals surface area contributed by atoms with Crippen molar-refractivity contribution in [3.8, 4) is 5.75 Å². The lowest BCUT2D eigenvalue weighted by Crippen LogP contribution is -2.30. The van der Waals surface area contributed by atoms with Crippen molar-refractivity contribution < 1.29 is 27.8 Å². The number of ether oxygens (including phenoxy) is 1. The van der Waals surface area contributed by atoms with E-state index in [1.54, 1.807) is 6.07 Å². The van der Waals surface area contributed by atoms with E-state index in [1.807, 2.05) is 30.3 Å². The molecule has 0 aliphatic carbocycles. The first-order chi connectivity index (χ1) is 12.8. The molecule has 0 fully saturated rings. The lowest BCUT2D eigenvalue weighted by atomic mass is 10.1. The summed E-state index contributed by atoms with van der Waals surface area (Å²) in [4.78, 5) is 12.3. The molecule has 27 heavy (non-hydrogen) atoms. The molecule has 4 nitrogen and oxygen atoms in total. The standard InChI is InChI=1S/C19H16F3NO3S/c20-19(21,22)26-14-8-4-7-13(9-14)11-27-17-16(24)15(23-18(17)25)10-12-5-2-1-3-6-12/h1-9,15,24H,10-11H2,(H,23,25). The fourth-order valence-corrected chi connectivity index (χ4v) is 3.66. The highest BCUT2D eigenvalue weighted by Crippen LogP contribution is 2.31. The van der Waals surface area contributed by atoms with Gasteiger partial charge in [-0.3, -0.25) is 4.79 Å². The van der Waals surface area contributed by atoms with Gasteiger partial charge in [0.1, 0.15) is 16.4 Å². The molecule has 1 aliphatic heterocycles. The zero-order valence-corrected chi connectivity index (χ0v) is 14.8. The van der Waals surface area contributed by atoms with Crippen LogP contribution in [0, 0.1) is 0 Å². The van der Waals surface area contributed by atoms with Crippen molar-refractivity contribution in [1.82, 2.24) is 5.32 Å². The van der Waals surface area contributed by atoms with Crippen LogP contribution in [0.4, 0.5) is 13.2 Å². The lowest BCUT2D eigenvalue weighted by Gasteiger charge is -2.10. The van der Waals surface area contributed by atoms with Gasteiger partial charge >= 0.3 is 6.36 Å². The smallest absolute Gasteiger partial charge is 0.509 e. The minimum absolute atomic E-state index is 0.0449. The highest BCUT2D eigenvalue weighted by atomic mass is 32.2. The lowest BCUT2D eigenvalue weighted by molar-refractivity contribution is -0.274. The molecular formula is C19H16F3NO3S. The van der Waals surface area contributed by atoms with E-state index in [1.165, 1.54) is 18.2 Å². The molecule has 8 heteroatoms. The minimum Gasteiger partial charge on any atom is -0.509 e. The van der Waals surface area contributed by atoms with Gasteiger partial charge in [-0.25, -0.2) is 0 Å². The monoisotopic (exact) mass is 395 g/mol. The van der Waals surface area contributed by atoms with E-state index >= 15 is 0 Å². The first kappa shape index (κ1) is 19.2. The number of halogens is 3. The van der Waals surface area contributed by atoms with Gasteiger partial charge in [-0.15, -0.1) is 24.9 Å². The fraction of sp³-hybridized carbons (Fsp3) is 0.211. The van der Waals surface area contributed by atoms with Crippen molar-refractivity contribution in [1.29, 1.82) is 0 Å². The summed E-state index contributed by atoms with van der Waals surface area (Å²) in [6, 6.07) is 14.4. The van der Waals surface area contributed by atoms with Crippen LogP contribution in [0.3, 0.4) is 0 Å². The predicted octanol–water partition coefficient (Wildman–Crippen LogP) is 4.33. The van der Waals surface area contributed by atoms with Crippen molar-refractivity contribution in [3.05, 3.63) is 76.4 Å². The van der Waals surface area contributed by atoms with Crippen molar-refractivity contribution in [3.63, 3.8) is 0 Å². The van der Waals surface area contributed by atoms with Crippen LogP contribution in [0.5, 0.6) is 5.75 Å². The number of aliphatic hydroxyl groups is 1. The van der Waals surface area contributed by atoms with E-state index in [0.717, 1.165) is 17.3 Å². The Morgan fingerprint density at radius 3 is 2.48 bits per heavy atom. The Morgan fingerprint density at radius 1 is 1.07 bits per heavy atom. The van der Waals surface area contributed by atoms with Gasteiger partial charge in [0.2, 0.25) is 0 Å². The van der Waals surface area contributed by atoms with Crippen LogP contribution in [-0.2, 0) is 17.0 Å². The van der Waals surface area contributed by atoms with Gasteiger partial charge in [-0.05, 0) is 29.7 Å². The highest BCUT2D eigenvalue weighted by molar-refractivity contribution is 8.03. The summed E-state index contributed by atoms with van der Waals surface area (Å²) in [6.45, 7) is 0. The number of amides is 1. The maximum absolute atomic E-state index is 12.3. The summed E-state index contributed by atoms with van der Waals surface area (Å²) in [5.41, 5.74) is 1.51. The number of alkyl halides is 3. The minimum atomic E-state index is -4.76. The van der Waals surface area contributed by atoms with Crippen molar-refractivity contribution in [2.24, 2.45) is 0 Å². The second kappa shape index (κ2) is 7.96. The van der Waals surface area contributed by atoms with Crippen LogP contribution >= 0.6 is 11.8 Å². The van der Waals surface area contributed by atoms with Gasteiger partial charge < -0.3 is 15.2 Å². The maximum Gasteiger partial charge on any atom is 0.573 e. The molecule has 0 radical (unpaired) electrons. The van der Waals surface area contributed by atoms with Gasteiger partial charge in [-0.1, -0.05) is 42.5 Å². The Bertz CT molecular complexity index is 853. The second-order valence-electron chi connectivity index (χ2n) is 5.91. The van der Waals surface area contributed by atoms with Crippen LogP contribution in [0.25, 0.3) is 0 Å². The SMILES string of the molecule is O=C1NC(Cc2ccccc2)C(O)=C1SCc1cccc(OC(F)(F)F)c1. The van der Waals surface area contributed by atoms with Gasteiger partial charge in [-0.2, -0.15) is 0 Å². The molecule has 1 atom stereocenters. The first-order valence-electron chi connectivity index (χ1n) is 8.07. The Labute approximate surface area is 158 Å². The van der Waals surface area contributed by atoms with Crippen LogP contribution in [-0.4, -0.2) is 23.4 Å². The molecule has 1 aliphatic rings. The number of carbonyl (C=O) groups excluding carboxylic acids is 1. The molecule has 0 bridgehead atoms. The van der Waals surface area contributed by atoms with Gasteiger partial charge in [0.05, 0.1) is 6.04 Å². The molecule has 2 aromatic rings. The van der Waals surface area contributed by atoms with Crippen LogP contribution in [0.15, 0.2) is 65.3 Å². The normalized spacial score (nSPS) is 17.1. The number of hydrogen-bond acceptors (Lipinski definition) is 4. The van der Waals surface area contributed by atoms with Gasteiger partial charge in [0, 0.05) is 5.75 Å². The molecule has 0 spiro atoms. The zero-order valence-electron chi connectivity index (χ0n) is 14.0. The van der Waals surface area contributed by atoms with E-state index in [4.69, 9.17) is 0 Å². The third kappa shape index (κ3) is 5.19. The number of carbonyl (C=O) groups is 1. The van der Waals surface area contributed by atoms with Crippen LogP contribution < -0.4 is 10.1 Å². The molecule has 1 amide bonds. The third-order valence-electron chi connectivity index (χ3n) is 3.87. The maximum atomic E-state index is 12.3. The van der Waals surface area contributed by atoms with E-state index < -0.39 is 12.4 Å². The molecule has 142 valence electrons. The average molecular weight is 395 g/mol. The molecule has 0 saturated heterocycles. The summed E-state index contributed by atoms with van der Waals surface area (Å²) in [5.74, 6) is -0.533. The third-order valence-corrected chi connectivity index (χ3v) is 5.03. The molecule has 0 saturated carbocycles. The Hall–Kier alpha value is -2.61. The Morgan fingerprint density at radius 2 is 1.78 bits per heavy atom. The van der Waals surface area contributed by atoms with E-state index in [-0.39, 0.29) is 28.1 Å². The summed E-state index contributed by atoms with van der Waals surface area (Å²) in [5, 5.41) is 13.1. The number of nitrogens with one attached hydrogen (secondary N) is 1. The molecule has 1 unspecified atom stereocenters. The Kier molecular flexibility index (Phi) is 5.65. The van der Waals surface area contributed by atoms with Crippen molar-refractivity contribution >= 4 is 17.7 Å². The fourth-order valence-electron chi connectivity index (χ4n) is 2.69. The molecule has 1 heterocycles. The molecule has 0 aromatic heterocycles. The quantitative estimate of drug-likeness (QED) is 0.765. The number of benzene rings is 2. The van der Waals surface area contributed by atoms with E-state index in [2.05, 4.69) is 10.1 Å². The van der Waals surface area contributed by atoms with Crippen LogP contribution in [0.2, 0.25) is 0 Å². The summed E-state index contributed by atoms with van der Waals surface area (Å²) >= 11 is 1.08. The molecule has 2 aromatic carbocycles. The first-order valence-corrected chi connectivity index (χ1v) is 9.06. The topological polar surface area (TPSA) is 58.6 Å². The molecule has 3 rings (SSSR count). The van der Waals surface area contributed by atoms with E-state index in [9.17, 15) is 23.1 Å². The number of hydrogen-bond donors (Lipinski definition) is 2. The van der Waals surface area contributed by atoms with E-state index in [0.29, 0.717) is 12.0 Å². The number of thioether (sulfide) groups is 1. The van der Waals surface area contributed by atoms with Crippen LogP contribution in [0.1, 0.15) is 11.1 Å². The summed E-state index contributed by atoms with van der Waals surface area (Å²) in [7, 11) is 0. The zero-order chi connectivity index (χ0) is 19.4. The summed E-state index contributed by atoms with van der Waals surface area (Å²) in [6.07, 6.45) is -4.31. The van der Waals surface area contributed by atoms with Gasteiger partial charge in [0.25, 0.3) is 5.91 Å².